The standard InChI is InChI=1S/C14H19N3/c1-4-8-17(9-5-1)16-11-12-10-15-14-7-3-2-6-13(12)14/h2-3,6-7,10,15-16H,1,4-5,8-9,11H2. The highest BCUT2D eigenvalue weighted by Gasteiger charge is 2.10. The molecule has 0 atom stereocenters. The molecule has 2 N–H and O–H groups in total. The Balaban J connectivity index is 1.68. The van der Waals surface area contributed by atoms with E-state index in [1.165, 1.54) is 48.8 Å². The van der Waals surface area contributed by atoms with E-state index in [0.29, 0.717) is 0 Å². The number of aromatic nitrogens is 1. The first-order valence-corrected chi connectivity index (χ1v) is 6.47. The van der Waals surface area contributed by atoms with Crippen molar-refractivity contribution in [2.45, 2.75) is 25.8 Å². The van der Waals surface area contributed by atoms with Gasteiger partial charge in [-0.3, -0.25) is 5.43 Å². The van der Waals surface area contributed by atoms with Crippen LogP contribution in [0.15, 0.2) is 30.5 Å². The van der Waals surface area contributed by atoms with Gasteiger partial charge in [0.15, 0.2) is 0 Å². The van der Waals surface area contributed by atoms with E-state index >= 15 is 0 Å². The Morgan fingerprint density at radius 3 is 2.82 bits per heavy atom. The first-order valence-electron chi connectivity index (χ1n) is 6.47. The number of hydrogen-bond acceptors (Lipinski definition) is 2. The average Bonchev–Trinajstić information content (AvgIpc) is 2.81. The van der Waals surface area contributed by atoms with Crippen LogP contribution in [0.1, 0.15) is 24.8 Å². The Hall–Kier alpha value is -1.32. The second-order valence-corrected chi connectivity index (χ2v) is 4.74. The number of H-pyrrole nitrogens is 1. The molecule has 0 bridgehead atoms. The summed E-state index contributed by atoms with van der Waals surface area (Å²) in [4.78, 5) is 3.32. The number of fused-ring (bicyclic) bond motifs is 1. The van der Waals surface area contributed by atoms with Gasteiger partial charge in [0.05, 0.1) is 0 Å². The third-order valence-electron chi connectivity index (χ3n) is 3.52. The quantitative estimate of drug-likeness (QED) is 0.847. The zero-order chi connectivity index (χ0) is 11.5. The maximum atomic E-state index is 3.53. The van der Waals surface area contributed by atoms with Crippen LogP contribution in [0.3, 0.4) is 0 Å². The molecule has 0 saturated carbocycles. The van der Waals surface area contributed by atoms with Gasteiger partial charge in [-0.25, -0.2) is 5.01 Å². The molecule has 1 saturated heterocycles. The molecule has 0 aliphatic carbocycles. The van der Waals surface area contributed by atoms with Crippen LogP contribution < -0.4 is 5.43 Å². The first kappa shape index (κ1) is 10.8. The topological polar surface area (TPSA) is 31.1 Å². The maximum absolute atomic E-state index is 3.53. The Morgan fingerprint density at radius 2 is 1.94 bits per heavy atom. The Bertz CT molecular complexity index is 483. The molecule has 0 amide bonds. The molecular formula is C14H19N3. The number of para-hydroxylation sites is 1. The number of benzene rings is 1. The summed E-state index contributed by atoms with van der Waals surface area (Å²) in [7, 11) is 0. The van der Waals surface area contributed by atoms with Gasteiger partial charge < -0.3 is 4.98 Å². The SMILES string of the molecule is c1ccc2c(CNN3CCCCC3)c[nH]c2c1. The summed E-state index contributed by atoms with van der Waals surface area (Å²) in [6, 6.07) is 8.47. The number of nitrogens with zero attached hydrogens (tertiary/aromatic N) is 1. The van der Waals surface area contributed by atoms with Gasteiger partial charge in [-0.15, -0.1) is 0 Å². The van der Waals surface area contributed by atoms with Gasteiger partial charge in [-0.05, 0) is 24.5 Å². The van der Waals surface area contributed by atoms with Crippen LogP contribution in [0.2, 0.25) is 0 Å². The Morgan fingerprint density at radius 1 is 1.12 bits per heavy atom. The van der Waals surface area contributed by atoms with Gasteiger partial charge in [-0.1, -0.05) is 24.6 Å². The molecule has 3 nitrogen and oxygen atoms in total. The third-order valence-corrected chi connectivity index (χ3v) is 3.52. The highest BCUT2D eigenvalue weighted by Crippen LogP contribution is 2.17. The number of aromatic amines is 1. The zero-order valence-electron chi connectivity index (χ0n) is 10.1. The summed E-state index contributed by atoms with van der Waals surface area (Å²) in [5.74, 6) is 0. The smallest absolute Gasteiger partial charge is 0.0457 e. The third kappa shape index (κ3) is 2.35. The van der Waals surface area contributed by atoms with Crippen molar-refractivity contribution in [3.63, 3.8) is 0 Å². The minimum absolute atomic E-state index is 0.921. The average molecular weight is 229 g/mol. The molecule has 90 valence electrons. The molecule has 2 aromatic rings. The lowest BCUT2D eigenvalue weighted by Crippen LogP contribution is -2.41. The minimum atomic E-state index is 0.921. The van der Waals surface area contributed by atoms with E-state index in [9.17, 15) is 0 Å². The van der Waals surface area contributed by atoms with Crippen molar-refractivity contribution >= 4 is 10.9 Å². The number of hydrazine groups is 1. The summed E-state index contributed by atoms with van der Waals surface area (Å²) in [6.07, 6.45) is 6.13. The second-order valence-electron chi connectivity index (χ2n) is 4.74. The van der Waals surface area contributed by atoms with Gasteiger partial charge >= 0.3 is 0 Å². The second kappa shape index (κ2) is 4.90. The molecule has 3 rings (SSSR count). The van der Waals surface area contributed by atoms with Gasteiger partial charge in [-0.2, -0.15) is 0 Å². The predicted octanol–water partition coefficient (Wildman–Crippen LogP) is 2.66. The molecule has 1 aliphatic rings. The largest absolute Gasteiger partial charge is 0.361 e. The monoisotopic (exact) mass is 229 g/mol. The summed E-state index contributed by atoms with van der Waals surface area (Å²) in [5.41, 5.74) is 6.11. The predicted molar refractivity (Wildman–Crippen MR) is 70.6 cm³/mol. The lowest BCUT2D eigenvalue weighted by atomic mass is 10.1. The fraction of sp³-hybridized carbons (Fsp3) is 0.429. The lowest BCUT2D eigenvalue weighted by Gasteiger charge is -2.27. The molecule has 17 heavy (non-hydrogen) atoms. The Labute approximate surface area is 102 Å². The summed E-state index contributed by atoms with van der Waals surface area (Å²) in [6.45, 7) is 3.29. The summed E-state index contributed by atoms with van der Waals surface area (Å²) in [5, 5.41) is 3.68. The van der Waals surface area contributed by atoms with E-state index in [2.05, 4.69) is 45.9 Å². The number of piperidine rings is 1. The van der Waals surface area contributed by atoms with Crippen molar-refractivity contribution in [1.82, 2.24) is 15.4 Å². The van der Waals surface area contributed by atoms with Gasteiger partial charge in [0.25, 0.3) is 0 Å². The lowest BCUT2D eigenvalue weighted by molar-refractivity contribution is 0.151. The molecule has 0 radical (unpaired) electrons. The van der Waals surface area contributed by atoms with Crippen LogP contribution in [-0.2, 0) is 6.54 Å². The van der Waals surface area contributed by atoms with Crippen molar-refractivity contribution in [3.8, 4) is 0 Å². The summed E-state index contributed by atoms with van der Waals surface area (Å²) >= 11 is 0. The van der Waals surface area contributed by atoms with E-state index in [1.54, 1.807) is 0 Å². The van der Waals surface area contributed by atoms with Crippen LogP contribution in [0.4, 0.5) is 0 Å². The number of hydrogen-bond donors (Lipinski definition) is 2. The van der Waals surface area contributed by atoms with E-state index in [0.717, 1.165) is 6.54 Å². The highest BCUT2D eigenvalue weighted by molar-refractivity contribution is 5.82. The molecular weight excluding hydrogens is 210 g/mol. The molecule has 3 heteroatoms. The van der Waals surface area contributed by atoms with Crippen LogP contribution >= 0.6 is 0 Å². The number of rotatable bonds is 3. The van der Waals surface area contributed by atoms with E-state index in [1.807, 2.05) is 0 Å². The van der Waals surface area contributed by atoms with Crippen molar-refractivity contribution in [2.24, 2.45) is 0 Å². The van der Waals surface area contributed by atoms with E-state index in [4.69, 9.17) is 0 Å². The van der Waals surface area contributed by atoms with Crippen LogP contribution in [-0.4, -0.2) is 23.1 Å². The van der Waals surface area contributed by atoms with Gasteiger partial charge in [0.2, 0.25) is 0 Å². The van der Waals surface area contributed by atoms with Gasteiger partial charge in [0.1, 0.15) is 0 Å². The van der Waals surface area contributed by atoms with Gasteiger partial charge in [0, 0.05) is 36.7 Å². The molecule has 1 aromatic carbocycles. The minimum Gasteiger partial charge on any atom is -0.361 e. The van der Waals surface area contributed by atoms with E-state index in [-0.39, 0.29) is 0 Å². The Kier molecular flexibility index (Phi) is 3.12. The zero-order valence-corrected chi connectivity index (χ0v) is 10.1. The maximum Gasteiger partial charge on any atom is 0.0457 e. The number of nitrogens with one attached hydrogen (secondary N) is 2. The fourth-order valence-electron chi connectivity index (χ4n) is 2.53. The molecule has 2 heterocycles. The normalized spacial score (nSPS) is 17.6. The molecule has 0 spiro atoms. The molecule has 1 aromatic heterocycles. The van der Waals surface area contributed by atoms with Crippen LogP contribution in [0, 0.1) is 0 Å². The van der Waals surface area contributed by atoms with Crippen molar-refractivity contribution < 1.29 is 0 Å². The van der Waals surface area contributed by atoms with Crippen LogP contribution in [0.5, 0.6) is 0 Å². The molecule has 1 fully saturated rings. The van der Waals surface area contributed by atoms with E-state index < -0.39 is 0 Å². The van der Waals surface area contributed by atoms with Crippen LogP contribution in [0.25, 0.3) is 10.9 Å². The highest BCUT2D eigenvalue weighted by atomic mass is 15.5. The molecule has 0 unspecified atom stereocenters. The first-order chi connectivity index (χ1) is 8.43. The molecule has 1 aliphatic heterocycles. The van der Waals surface area contributed by atoms with Crippen molar-refractivity contribution in [2.75, 3.05) is 13.1 Å². The van der Waals surface area contributed by atoms with Crippen molar-refractivity contribution in [3.05, 3.63) is 36.0 Å². The summed E-state index contributed by atoms with van der Waals surface area (Å²) < 4.78 is 0. The fourth-order valence-corrected chi connectivity index (χ4v) is 2.53. The van der Waals surface area contributed by atoms with Crippen molar-refractivity contribution in [1.29, 1.82) is 0 Å².